The zero-order chi connectivity index (χ0) is 24.9. The Morgan fingerprint density at radius 1 is 1.31 bits per heavy atom. The fourth-order valence-electron chi connectivity index (χ4n) is 4.23. The van der Waals surface area contributed by atoms with Gasteiger partial charge in [-0.2, -0.15) is 0 Å². The minimum absolute atomic E-state index is 0.160. The molecule has 3 heterocycles. The minimum Gasteiger partial charge on any atom is -0.387 e. The van der Waals surface area contributed by atoms with Crippen molar-refractivity contribution in [1.82, 2.24) is 19.9 Å². The molecule has 2 aromatic heterocycles. The first kappa shape index (κ1) is 25.1. The maximum Gasteiger partial charge on any atom is 0.248 e. The van der Waals surface area contributed by atoms with Gasteiger partial charge < -0.3 is 21.1 Å². The van der Waals surface area contributed by atoms with Crippen molar-refractivity contribution in [2.24, 2.45) is 10.7 Å². The normalized spacial score (nSPS) is 16.2. The van der Waals surface area contributed by atoms with E-state index < -0.39 is 12.4 Å². The van der Waals surface area contributed by atoms with Crippen LogP contribution in [0.1, 0.15) is 56.5 Å². The summed E-state index contributed by atoms with van der Waals surface area (Å²) in [6.45, 7) is 4.16. The highest BCUT2D eigenvalue weighted by atomic mass is 32.2. The number of fused-ring (bicyclic) bond motifs is 1. The van der Waals surface area contributed by atoms with Crippen LogP contribution in [0.15, 0.2) is 28.9 Å². The number of nitrogens with zero attached hydrogens (tertiary/aromatic N) is 5. The molecule has 0 aromatic carbocycles. The van der Waals surface area contributed by atoms with E-state index in [1.165, 1.54) is 11.8 Å². The SMILES string of the molecule is CC(C)=C(SC(N)=NC1CCCC1)c1nc(Nc2ccc3c(n2)CCN(C(=O)CO)C3)ncc1F. The summed E-state index contributed by atoms with van der Waals surface area (Å²) < 4.78 is 14.8. The zero-order valence-electron chi connectivity index (χ0n) is 19.9. The Bertz CT molecular complexity index is 1160. The summed E-state index contributed by atoms with van der Waals surface area (Å²) in [6.07, 6.45) is 6.09. The molecule has 0 spiro atoms. The van der Waals surface area contributed by atoms with Crippen LogP contribution in [0.5, 0.6) is 0 Å². The van der Waals surface area contributed by atoms with E-state index in [0.29, 0.717) is 35.4 Å². The highest BCUT2D eigenvalue weighted by Crippen LogP contribution is 2.33. The number of carbonyl (C=O) groups is 1. The molecule has 2 aromatic rings. The molecule has 1 saturated carbocycles. The third-order valence-electron chi connectivity index (χ3n) is 6.03. The van der Waals surface area contributed by atoms with Crippen LogP contribution >= 0.6 is 11.8 Å². The summed E-state index contributed by atoms with van der Waals surface area (Å²) in [4.78, 5) is 31.7. The maximum atomic E-state index is 14.8. The van der Waals surface area contributed by atoms with Crippen LogP contribution in [0.2, 0.25) is 0 Å². The predicted octanol–water partition coefficient (Wildman–Crippen LogP) is 3.37. The molecule has 4 rings (SSSR count). The molecule has 0 saturated heterocycles. The van der Waals surface area contributed by atoms with Crippen LogP contribution < -0.4 is 11.1 Å². The third kappa shape index (κ3) is 6.15. The molecular formula is C24H30FN7O2S. The molecule has 1 amide bonds. The van der Waals surface area contributed by atoms with Crippen molar-refractivity contribution < 1.29 is 14.3 Å². The van der Waals surface area contributed by atoms with E-state index >= 15 is 0 Å². The molecule has 186 valence electrons. The average molecular weight is 500 g/mol. The predicted molar refractivity (Wildman–Crippen MR) is 135 cm³/mol. The number of thioether (sulfide) groups is 1. The van der Waals surface area contributed by atoms with Crippen molar-refractivity contribution in [3.8, 4) is 0 Å². The molecule has 1 fully saturated rings. The Hall–Kier alpha value is -3.05. The molecule has 1 aliphatic heterocycles. The van der Waals surface area contributed by atoms with E-state index in [2.05, 4.69) is 25.3 Å². The van der Waals surface area contributed by atoms with Crippen molar-refractivity contribution in [2.75, 3.05) is 18.5 Å². The summed E-state index contributed by atoms with van der Waals surface area (Å²) in [5.41, 5.74) is 9.00. The summed E-state index contributed by atoms with van der Waals surface area (Å²) in [5, 5.41) is 12.6. The van der Waals surface area contributed by atoms with E-state index in [9.17, 15) is 9.18 Å². The smallest absolute Gasteiger partial charge is 0.248 e. The summed E-state index contributed by atoms with van der Waals surface area (Å²) in [6, 6.07) is 3.88. The summed E-state index contributed by atoms with van der Waals surface area (Å²) in [5.74, 6) is -0.101. The van der Waals surface area contributed by atoms with Crippen LogP contribution in [-0.4, -0.2) is 55.2 Å². The molecule has 11 heteroatoms. The second-order valence-electron chi connectivity index (χ2n) is 8.88. The van der Waals surface area contributed by atoms with E-state index in [0.717, 1.165) is 48.7 Å². The standard InChI is InChI=1S/C24H30FN7O2S/c1-14(2)22(35-23(26)28-16-5-3-4-6-16)21-17(25)11-27-24(31-21)30-19-8-7-15-12-32(20(34)13-33)10-9-18(15)29-19/h7-8,11,16,33H,3-6,9-10,12-13H2,1-2H3,(H2,26,28)(H,27,29,30,31). The quantitative estimate of drug-likeness (QED) is 0.407. The van der Waals surface area contributed by atoms with Crippen molar-refractivity contribution in [2.45, 2.75) is 58.5 Å². The molecule has 0 bridgehead atoms. The lowest BCUT2D eigenvalue weighted by atomic mass is 10.1. The van der Waals surface area contributed by atoms with E-state index in [1.54, 1.807) is 11.0 Å². The molecule has 0 radical (unpaired) electrons. The van der Waals surface area contributed by atoms with Gasteiger partial charge in [-0.25, -0.2) is 19.3 Å². The van der Waals surface area contributed by atoms with E-state index in [1.807, 2.05) is 19.9 Å². The van der Waals surface area contributed by atoms with Crippen LogP contribution in [0.3, 0.4) is 0 Å². The number of hydrogen-bond acceptors (Lipinski definition) is 8. The monoisotopic (exact) mass is 499 g/mol. The summed E-state index contributed by atoms with van der Waals surface area (Å²) in [7, 11) is 0. The van der Waals surface area contributed by atoms with Crippen molar-refractivity contribution >= 4 is 39.5 Å². The number of amides is 1. The second kappa shape index (κ2) is 11.1. The molecular weight excluding hydrogens is 469 g/mol. The lowest BCUT2D eigenvalue weighted by Gasteiger charge is -2.28. The molecule has 0 unspecified atom stereocenters. The number of hydrogen-bond donors (Lipinski definition) is 3. The fraction of sp³-hybridized carbons (Fsp3) is 0.458. The molecule has 0 atom stereocenters. The average Bonchev–Trinajstić information content (AvgIpc) is 3.36. The Labute approximate surface area is 208 Å². The lowest BCUT2D eigenvalue weighted by molar-refractivity contribution is -0.135. The topological polar surface area (TPSA) is 130 Å². The van der Waals surface area contributed by atoms with Gasteiger partial charge in [0.1, 0.15) is 18.1 Å². The lowest BCUT2D eigenvalue weighted by Crippen LogP contribution is -2.37. The van der Waals surface area contributed by atoms with Crippen LogP contribution in [0.4, 0.5) is 16.2 Å². The molecule has 2 aliphatic rings. The number of halogens is 1. The Morgan fingerprint density at radius 3 is 2.80 bits per heavy atom. The summed E-state index contributed by atoms with van der Waals surface area (Å²) >= 11 is 1.23. The van der Waals surface area contributed by atoms with Gasteiger partial charge in [-0.3, -0.25) is 9.79 Å². The maximum absolute atomic E-state index is 14.8. The largest absolute Gasteiger partial charge is 0.387 e. The Morgan fingerprint density at radius 2 is 2.09 bits per heavy atom. The number of aliphatic imine (C=N–C) groups is 1. The van der Waals surface area contributed by atoms with Gasteiger partial charge in [0, 0.05) is 30.1 Å². The molecule has 35 heavy (non-hydrogen) atoms. The second-order valence-corrected chi connectivity index (χ2v) is 9.91. The van der Waals surface area contributed by atoms with Gasteiger partial charge in [0.15, 0.2) is 11.0 Å². The number of nitrogens with two attached hydrogens (primary N) is 1. The first-order valence-corrected chi connectivity index (χ1v) is 12.5. The van der Waals surface area contributed by atoms with E-state index in [4.69, 9.17) is 10.8 Å². The number of amidine groups is 1. The number of pyridine rings is 1. The number of rotatable bonds is 6. The number of aromatic nitrogens is 3. The number of carbonyl (C=O) groups excluding carboxylic acids is 1. The van der Waals surface area contributed by atoms with Gasteiger partial charge in [-0.1, -0.05) is 36.2 Å². The van der Waals surface area contributed by atoms with Gasteiger partial charge in [0.25, 0.3) is 0 Å². The fourth-order valence-corrected chi connectivity index (χ4v) is 5.09. The first-order valence-electron chi connectivity index (χ1n) is 11.7. The van der Waals surface area contributed by atoms with Crippen LogP contribution in [0.25, 0.3) is 4.91 Å². The van der Waals surface area contributed by atoms with Gasteiger partial charge >= 0.3 is 0 Å². The number of aliphatic hydroxyl groups is 1. The van der Waals surface area contributed by atoms with E-state index in [-0.39, 0.29) is 23.6 Å². The van der Waals surface area contributed by atoms with Gasteiger partial charge in [-0.05, 0) is 38.3 Å². The highest BCUT2D eigenvalue weighted by Gasteiger charge is 2.22. The van der Waals surface area contributed by atoms with Crippen LogP contribution in [-0.2, 0) is 17.8 Å². The number of aliphatic hydroxyl groups excluding tert-OH is 1. The molecule has 1 aliphatic carbocycles. The number of anilines is 2. The number of allylic oxidation sites excluding steroid dienone is 1. The molecule has 9 nitrogen and oxygen atoms in total. The number of nitrogens with one attached hydrogen (secondary N) is 1. The van der Waals surface area contributed by atoms with Gasteiger partial charge in [0.2, 0.25) is 11.9 Å². The van der Waals surface area contributed by atoms with Gasteiger partial charge in [0.05, 0.1) is 12.2 Å². The van der Waals surface area contributed by atoms with Gasteiger partial charge in [-0.15, -0.1) is 0 Å². The first-order chi connectivity index (χ1) is 16.8. The zero-order valence-corrected chi connectivity index (χ0v) is 20.7. The highest BCUT2D eigenvalue weighted by molar-refractivity contribution is 8.21. The van der Waals surface area contributed by atoms with Crippen LogP contribution in [0, 0.1) is 5.82 Å². The third-order valence-corrected chi connectivity index (χ3v) is 7.15. The Kier molecular flexibility index (Phi) is 7.97. The minimum atomic E-state index is -0.542. The van der Waals surface area contributed by atoms with Crippen molar-refractivity contribution in [3.05, 3.63) is 46.7 Å². The van der Waals surface area contributed by atoms with Crippen molar-refractivity contribution in [1.29, 1.82) is 0 Å². The Balaban J connectivity index is 1.52. The molecule has 4 N–H and O–H groups in total. The van der Waals surface area contributed by atoms with Crippen molar-refractivity contribution in [3.63, 3.8) is 0 Å².